The highest BCUT2D eigenvalue weighted by atomic mass is 79.9. The Bertz CT molecular complexity index is 302. The number of aliphatic hydroxyl groups is 1. The molecule has 1 heterocycles. The smallest absolute Gasteiger partial charge is 0.118 e. The molecule has 1 N–H and O–H groups in total. The van der Waals surface area contributed by atoms with Crippen LogP contribution in [0.2, 0.25) is 0 Å². The Balaban J connectivity index is 2.33. The summed E-state index contributed by atoms with van der Waals surface area (Å²) < 4.78 is 6.46. The fourth-order valence-electron chi connectivity index (χ4n) is 1.56. The molecule has 13 heavy (non-hydrogen) atoms. The minimum absolute atomic E-state index is 0.0590. The molecule has 1 aromatic carbocycles. The average molecular weight is 243 g/mol. The zero-order valence-corrected chi connectivity index (χ0v) is 8.75. The van der Waals surface area contributed by atoms with E-state index in [1.165, 1.54) is 0 Å². The highest BCUT2D eigenvalue weighted by Gasteiger charge is 2.39. The lowest BCUT2D eigenvalue weighted by atomic mass is 9.87. The standard InChI is InChI=1S/C10H11BrO2/c11-9-3-1-2-8(6-9)10(7-12)4-5-13-10/h1-3,6,12H,4-5,7H2. The Kier molecular flexibility index (Phi) is 2.41. The topological polar surface area (TPSA) is 29.5 Å². The summed E-state index contributed by atoms with van der Waals surface area (Å²) in [6.45, 7) is 0.802. The predicted molar refractivity (Wildman–Crippen MR) is 53.5 cm³/mol. The second kappa shape index (κ2) is 3.40. The molecule has 1 atom stereocenters. The molecule has 1 saturated heterocycles. The van der Waals surface area contributed by atoms with Crippen LogP contribution < -0.4 is 0 Å². The summed E-state index contributed by atoms with van der Waals surface area (Å²) in [6, 6.07) is 7.90. The summed E-state index contributed by atoms with van der Waals surface area (Å²) in [5.74, 6) is 0. The van der Waals surface area contributed by atoms with Gasteiger partial charge >= 0.3 is 0 Å². The van der Waals surface area contributed by atoms with Gasteiger partial charge < -0.3 is 9.84 Å². The quantitative estimate of drug-likeness (QED) is 0.861. The molecule has 1 aliphatic rings. The van der Waals surface area contributed by atoms with Gasteiger partial charge in [-0.2, -0.15) is 0 Å². The average Bonchev–Trinajstić information content (AvgIpc) is 2.03. The third-order valence-electron chi connectivity index (χ3n) is 2.49. The predicted octanol–water partition coefficient (Wildman–Crippen LogP) is 2.06. The van der Waals surface area contributed by atoms with Gasteiger partial charge in [0.2, 0.25) is 0 Å². The number of hydrogen-bond donors (Lipinski definition) is 1. The lowest BCUT2D eigenvalue weighted by Crippen LogP contribution is -2.44. The molecule has 0 saturated carbocycles. The molecule has 0 bridgehead atoms. The summed E-state index contributed by atoms with van der Waals surface area (Å²) in [6.07, 6.45) is 0.903. The van der Waals surface area contributed by atoms with Crippen molar-refractivity contribution in [3.63, 3.8) is 0 Å². The van der Waals surface area contributed by atoms with Crippen LogP contribution in [0.25, 0.3) is 0 Å². The fourth-order valence-corrected chi connectivity index (χ4v) is 1.96. The third-order valence-corrected chi connectivity index (χ3v) is 2.98. The summed E-state index contributed by atoms with van der Waals surface area (Å²) in [5.41, 5.74) is 0.625. The van der Waals surface area contributed by atoms with Crippen molar-refractivity contribution in [1.82, 2.24) is 0 Å². The second-order valence-corrected chi connectivity index (χ2v) is 4.18. The molecule has 1 unspecified atom stereocenters. The molecular formula is C10H11BrO2. The molecule has 0 aromatic heterocycles. The highest BCUT2D eigenvalue weighted by Crippen LogP contribution is 2.37. The lowest BCUT2D eigenvalue weighted by molar-refractivity contribution is -0.177. The van der Waals surface area contributed by atoms with Crippen LogP contribution in [0.5, 0.6) is 0 Å². The van der Waals surface area contributed by atoms with E-state index >= 15 is 0 Å². The van der Waals surface area contributed by atoms with Crippen molar-refractivity contribution in [2.75, 3.05) is 13.2 Å². The Morgan fingerprint density at radius 1 is 1.54 bits per heavy atom. The number of benzene rings is 1. The zero-order chi connectivity index (χ0) is 9.31. The lowest BCUT2D eigenvalue weighted by Gasteiger charge is -2.40. The first-order valence-corrected chi connectivity index (χ1v) is 5.07. The molecule has 2 nitrogen and oxygen atoms in total. The number of aliphatic hydroxyl groups excluding tert-OH is 1. The first-order valence-electron chi connectivity index (χ1n) is 4.28. The van der Waals surface area contributed by atoms with E-state index in [2.05, 4.69) is 15.9 Å². The van der Waals surface area contributed by atoms with Gasteiger partial charge in [-0.1, -0.05) is 28.1 Å². The Morgan fingerprint density at radius 2 is 2.31 bits per heavy atom. The number of halogens is 1. The summed E-state index contributed by atoms with van der Waals surface area (Å²) in [5, 5.41) is 9.24. The van der Waals surface area contributed by atoms with Crippen molar-refractivity contribution in [2.45, 2.75) is 12.0 Å². The summed E-state index contributed by atoms with van der Waals surface area (Å²) in [4.78, 5) is 0. The minimum Gasteiger partial charge on any atom is -0.393 e. The number of rotatable bonds is 2. The fraction of sp³-hybridized carbons (Fsp3) is 0.400. The SMILES string of the molecule is OCC1(c2cccc(Br)c2)CCO1. The van der Waals surface area contributed by atoms with Crippen molar-refractivity contribution in [3.05, 3.63) is 34.3 Å². The van der Waals surface area contributed by atoms with Gasteiger partial charge in [-0.15, -0.1) is 0 Å². The van der Waals surface area contributed by atoms with E-state index in [0.717, 1.165) is 23.1 Å². The molecule has 1 fully saturated rings. The van der Waals surface area contributed by atoms with Crippen LogP contribution in [0.1, 0.15) is 12.0 Å². The van der Waals surface area contributed by atoms with E-state index in [1.54, 1.807) is 0 Å². The Hall–Kier alpha value is -0.380. The van der Waals surface area contributed by atoms with Gasteiger partial charge in [-0.05, 0) is 17.7 Å². The van der Waals surface area contributed by atoms with E-state index in [-0.39, 0.29) is 6.61 Å². The third kappa shape index (κ3) is 1.52. The van der Waals surface area contributed by atoms with Crippen LogP contribution in [0.15, 0.2) is 28.7 Å². The van der Waals surface area contributed by atoms with Crippen LogP contribution >= 0.6 is 15.9 Å². The van der Waals surface area contributed by atoms with Gasteiger partial charge in [0.25, 0.3) is 0 Å². The molecule has 70 valence electrons. The van der Waals surface area contributed by atoms with E-state index in [0.29, 0.717) is 0 Å². The van der Waals surface area contributed by atoms with Crippen molar-refractivity contribution in [2.24, 2.45) is 0 Å². The zero-order valence-electron chi connectivity index (χ0n) is 7.16. The van der Waals surface area contributed by atoms with E-state index < -0.39 is 5.60 Å². The molecule has 0 amide bonds. The van der Waals surface area contributed by atoms with E-state index in [9.17, 15) is 5.11 Å². The van der Waals surface area contributed by atoms with Crippen molar-refractivity contribution >= 4 is 15.9 Å². The maximum atomic E-state index is 9.24. The maximum Gasteiger partial charge on any atom is 0.118 e. The largest absolute Gasteiger partial charge is 0.393 e. The van der Waals surface area contributed by atoms with E-state index in [4.69, 9.17) is 4.74 Å². The molecule has 2 rings (SSSR count). The van der Waals surface area contributed by atoms with Crippen LogP contribution in [-0.4, -0.2) is 18.3 Å². The monoisotopic (exact) mass is 242 g/mol. The molecule has 3 heteroatoms. The van der Waals surface area contributed by atoms with Crippen molar-refractivity contribution in [1.29, 1.82) is 0 Å². The van der Waals surface area contributed by atoms with Gasteiger partial charge in [0.15, 0.2) is 0 Å². The molecule has 0 radical (unpaired) electrons. The molecule has 1 aromatic rings. The van der Waals surface area contributed by atoms with E-state index in [1.807, 2.05) is 24.3 Å². The Labute approximate surface area is 85.7 Å². The van der Waals surface area contributed by atoms with Gasteiger partial charge in [0.1, 0.15) is 5.60 Å². The number of ether oxygens (including phenoxy) is 1. The minimum atomic E-state index is -0.427. The van der Waals surface area contributed by atoms with Crippen LogP contribution in [0, 0.1) is 0 Å². The summed E-state index contributed by atoms with van der Waals surface area (Å²) >= 11 is 3.40. The normalized spacial score (nSPS) is 26.9. The number of hydrogen-bond acceptors (Lipinski definition) is 2. The highest BCUT2D eigenvalue weighted by molar-refractivity contribution is 9.10. The molecule has 1 aliphatic heterocycles. The maximum absolute atomic E-state index is 9.24. The molecular weight excluding hydrogens is 232 g/mol. The van der Waals surface area contributed by atoms with Crippen LogP contribution in [0.4, 0.5) is 0 Å². The van der Waals surface area contributed by atoms with Crippen LogP contribution in [-0.2, 0) is 10.3 Å². The second-order valence-electron chi connectivity index (χ2n) is 3.26. The summed E-state index contributed by atoms with van der Waals surface area (Å²) in [7, 11) is 0. The van der Waals surface area contributed by atoms with Gasteiger partial charge in [0, 0.05) is 10.9 Å². The van der Waals surface area contributed by atoms with Crippen molar-refractivity contribution in [3.8, 4) is 0 Å². The van der Waals surface area contributed by atoms with Crippen molar-refractivity contribution < 1.29 is 9.84 Å². The first kappa shape index (κ1) is 9.19. The molecule has 0 spiro atoms. The van der Waals surface area contributed by atoms with Gasteiger partial charge in [0.05, 0.1) is 13.2 Å². The Morgan fingerprint density at radius 3 is 2.77 bits per heavy atom. The first-order chi connectivity index (χ1) is 6.27. The molecule has 0 aliphatic carbocycles. The van der Waals surface area contributed by atoms with Gasteiger partial charge in [-0.3, -0.25) is 0 Å². The van der Waals surface area contributed by atoms with Crippen LogP contribution in [0.3, 0.4) is 0 Å². The van der Waals surface area contributed by atoms with Gasteiger partial charge in [-0.25, -0.2) is 0 Å².